The molecule has 0 fully saturated rings. The Morgan fingerprint density at radius 3 is 2.00 bits per heavy atom. The summed E-state index contributed by atoms with van der Waals surface area (Å²) in [5.74, 6) is 0.587. The highest BCUT2D eigenvalue weighted by molar-refractivity contribution is 5.56. The summed E-state index contributed by atoms with van der Waals surface area (Å²) in [5.41, 5.74) is 8.79. The van der Waals surface area contributed by atoms with E-state index in [2.05, 4.69) is 0 Å². The molecule has 0 bridgehead atoms. The van der Waals surface area contributed by atoms with Crippen molar-refractivity contribution in [3.8, 4) is 11.5 Å². The SMILES string of the molecule is Cc1c(C)c(O)c(CCC(C)N)c(C)c1O. The maximum absolute atomic E-state index is 10.0. The van der Waals surface area contributed by atoms with Crippen LogP contribution in [0.3, 0.4) is 0 Å². The fourth-order valence-corrected chi connectivity index (χ4v) is 1.86. The van der Waals surface area contributed by atoms with Crippen LogP contribution in [0.4, 0.5) is 0 Å². The van der Waals surface area contributed by atoms with Crippen molar-refractivity contribution in [2.45, 2.75) is 46.6 Å². The first-order chi connectivity index (χ1) is 7.36. The maximum atomic E-state index is 10.0. The zero-order valence-electron chi connectivity index (χ0n) is 10.5. The lowest BCUT2D eigenvalue weighted by atomic mass is 9.94. The van der Waals surface area contributed by atoms with Crippen molar-refractivity contribution in [2.24, 2.45) is 5.73 Å². The predicted octanol–water partition coefficient (Wildman–Crippen LogP) is 2.30. The van der Waals surface area contributed by atoms with Crippen LogP contribution in [-0.2, 0) is 6.42 Å². The van der Waals surface area contributed by atoms with E-state index >= 15 is 0 Å². The average Bonchev–Trinajstić information content (AvgIpc) is 2.23. The third-order valence-corrected chi connectivity index (χ3v) is 3.22. The Morgan fingerprint density at radius 1 is 1.00 bits per heavy atom. The fourth-order valence-electron chi connectivity index (χ4n) is 1.86. The van der Waals surface area contributed by atoms with E-state index in [1.807, 2.05) is 27.7 Å². The molecule has 1 rings (SSSR count). The van der Waals surface area contributed by atoms with Gasteiger partial charge in [-0.15, -0.1) is 0 Å². The first-order valence-corrected chi connectivity index (χ1v) is 5.62. The van der Waals surface area contributed by atoms with E-state index in [9.17, 15) is 10.2 Å². The molecule has 0 amide bonds. The van der Waals surface area contributed by atoms with E-state index in [1.165, 1.54) is 0 Å². The van der Waals surface area contributed by atoms with Gasteiger partial charge in [-0.05, 0) is 57.2 Å². The molecule has 0 saturated carbocycles. The maximum Gasteiger partial charge on any atom is 0.122 e. The average molecular weight is 223 g/mol. The van der Waals surface area contributed by atoms with Crippen LogP contribution in [-0.4, -0.2) is 16.3 Å². The summed E-state index contributed by atoms with van der Waals surface area (Å²) in [5, 5.41) is 20.0. The molecule has 1 aromatic carbocycles. The highest BCUT2D eigenvalue weighted by Gasteiger charge is 2.16. The van der Waals surface area contributed by atoms with Gasteiger partial charge in [0.05, 0.1) is 0 Å². The van der Waals surface area contributed by atoms with Gasteiger partial charge in [0.25, 0.3) is 0 Å². The molecular weight excluding hydrogens is 202 g/mol. The van der Waals surface area contributed by atoms with Crippen molar-refractivity contribution in [1.82, 2.24) is 0 Å². The molecular formula is C13H21NO2. The second kappa shape index (κ2) is 4.74. The Bertz CT molecular complexity index is 368. The zero-order valence-corrected chi connectivity index (χ0v) is 10.5. The van der Waals surface area contributed by atoms with Crippen LogP contribution in [0.25, 0.3) is 0 Å². The largest absolute Gasteiger partial charge is 0.507 e. The smallest absolute Gasteiger partial charge is 0.122 e. The van der Waals surface area contributed by atoms with Gasteiger partial charge in [-0.25, -0.2) is 0 Å². The summed E-state index contributed by atoms with van der Waals surface area (Å²) >= 11 is 0. The van der Waals surface area contributed by atoms with Crippen LogP contribution >= 0.6 is 0 Å². The van der Waals surface area contributed by atoms with Gasteiger partial charge in [0.1, 0.15) is 11.5 Å². The van der Waals surface area contributed by atoms with Gasteiger partial charge in [-0.2, -0.15) is 0 Å². The summed E-state index contributed by atoms with van der Waals surface area (Å²) in [7, 11) is 0. The Balaban J connectivity index is 3.18. The minimum Gasteiger partial charge on any atom is -0.507 e. The first-order valence-electron chi connectivity index (χ1n) is 5.62. The van der Waals surface area contributed by atoms with E-state index in [4.69, 9.17) is 5.73 Å². The van der Waals surface area contributed by atoms with Crippen LogP contribution < -0.4 is 5.73 Å². The lowest BCUT2D eigenvalue weighted by Crippen LogP contribution is -2.15. The molecule has 4 N–H and O–H groups in total. The van der Waals surface area contributed by atoms with Crippen molar-refractivity contribution in [1.29, 1.82) is 0 Å². The van der Waals surface area contributed by atoms with Crippen molar-refractivity contribution in [2.75, 3.05) is 0 Å². The second-order valence-electron chi connectivity index (χ2n) is 4.57. The molecule has 1 aromatic rings. The van der Waals surface area contributed by atoms with Gasteiger partial charge in [-0.3, -0.25) is 0 Å². The number of hydrogen-bond acceptors (Lipinski definition) is 3. The van der Waals surface area contributed by atoms with Gasteiger partial charge < -0.3 is 15.9 Å². The number of phenolic OH excluding ortho intramolecular Hbond substituents is 2. The minimum absolute atomic E-state index is 0.0996. The van der Waals surface area contributed by atoms with Gasteiger partial charge >= 0.3 is 0 Å². The predicted molar refractivity (Wildman–Crippen MR) is 66.0 cm³/mol. The van der Waals surface area contributed by atoms with Crippen LogP contribution in [0.1, 0.15) is 35.6 Å². The molecule has 0 heterocycles. The summed E-state index contributed by atoms with van der Waals surface area (Å²) in [4.78, 5) is 0. The Morgan fingerprint density at radius 2 is 1.50 bits per heavy atom. The minimum atomic E-state index is 0.0996. The molecule has 0 radical (unpaired) electrons. The van der Waals surface area contributed by atoms with E-state index in [-0.39, 0.29) is 11.8 Å². The molecule has 1 unspecified atom stereocenters. The molecule has 0 aliphatic heterocycles. The molecule has 3 nitrogen and oxygen atoms in total. The van der Waals surface area contributed by atoms with E-state index in [0.717, 1.165) is 28.7 Å². The number of aromatic hydroxyl groups is 2. The van der Waals surface area contributed by atoms with Crippen LogP contribution in [0.5, 0.6) is 11.5 Å². The third kappa shape index (κ3) is 2.30. The van der Waals surface area contributed by atoms with Crippen molar-refractivity contribution in [3.63, 3.8) is 0 Å². The Hall–Kier alpha value is -1.22. The summed E-state index contributed by atoms with van der Waals surface area (Å²) < 4.78 is 0. The van der Waals surface area contributed by atoms with Crippen LogP contribution in [0, 0.1) is 20.8 Å². The van der Waals surface area contributed by atoms with Crippen LogP contribution in [0.2, 0.25) is 0 Å². The molecule has 0 aliphatic carbocycles. The van der Waals surface area contributed by atoms with E-state index in [1.54, 1.807) is 0 Å². The lowest BCUT2D eigenvalue weighted by molar-refractivity contribution is 0.441. The zero-order chi connectivity index (χ0) is 12.5. The van der Waals surface area contributed by atoms with Crippen LogP contribution in [0.15, 0.2) is 0 Å². The molecule has 90 valence electrons. The molecule has 0 spiro atoms. The number of benzene rings is 1. The molecule has 0 saturated heterocycles. The molecule has 3 heteroatoms. The van der Waals surface area contributed by atoms with Gasteiger partial charge in [0.15, 0.2) is 0 Å². The fraction of sp³-hybridized carbons (Fsp3) is 0.538. The monoisotopic (exact) mass is 223 g/mol. The first kappa shape index (κ1) is 12.8. The van der Waals surface area contributed by atoms with Crippen molar-refractivity contribution >= 4 is 0 Å². The lowest BCUT2D eigenvalue weighted by Gasteiger charge is -2.16. The van der Waals surface area contributed by atoms with Gasteiger partial charge in [0, 0.05) is 11.6 Å². The Labute approximate surface area is 96.9 Å². The highest BCUT2D eigenvalue weighted by atomic mass is 16.3. The topological polar surface area (TPSA) is 66.5 Å². The van der Waals surface area contributed by atoms with E-state index in [0.29, 0.717) is 12.2 Å². The van der Waals surface area contributed by atoms with Gasteiger partial charge in [-0.1, -0.05) is 0 Å². The van der Waals surface area contributed by atoms with Gasteiger partial charge in [0.2, 0.25) is 0 Å². The summed E-state index contributed by atoms with van der Waals surface area (Å²) in [6.45, 7) is 7.40. The quantitative estimate of drug-likeness (QED) is 0.689. The summed E-state index contributed by atoms with van der Waals surface area (Å²) in [6, 6.07) is 0.0996. The molecule has 16 heavy (non-hydrogen) atoms. The third-order valence-electron chi connectivity index (χ3n) is 3.22. The molecule has 1 atom stereocenters. The van der Waals surface area contributed by atoms with Crippen molar-refractivity contribution < 1.29 is 10.2 Å². The molecule has 0 aliphatic rings. The summed E-state index contributed by atoms with van der Waals surface area (Å²) in [6.07, 6.45) is 1.50. The number of phenols is 2. The molecule has 0 aromatic heterocycles. The number of nitrogens with two attached hydrogens (primary N) is 1. The standard InChI is InChI=1S/C13H21NO2/c1-7(14)5-6-11-10(4)12(15)8(2)9(3)13(11)16/h7,15-16H,5-6,14H2,1-4H3. The number of rotatable bonds is 3. The second-order valence-corrected chi connectivity index (χ2v) is 4.57. The van der Waals surface area contributed by atoms with Crippen molar-refractivity contribution in [3.05, 3.63) is 22.3 Å². The highest BCUT2D eigenvalue weighted by Crippen LogP contribution is 2.36. The van der Waals surface area contributed by atoms with E-state index < -0.39 is 0 Å². The Kier molecular flexibility index (Phi) is 3.81. The number of hydrogen-bond donors (Lipinski definition) is 3. The normalized spacial score (nSPS) is 12.8.